The van der Waals surface area contributed by atoms with Gasteiger partial charge in [0.15, 0.2) is 10.9 Å². The number of benzene rings is 3. The van der Waals surface area contributed by atoms with Crippen LogP contribution in [-0.4, -0.2) is 28.0 Å². The van der Waals surface area contributed by atoms with E-state index in [-0.39, 0.29) is 23.2 Å². The van der Waals surface area contributed by atoms with Gasteiger partial charge in [-0.1, -0.05) is 24.3 Å². The van der Waals surface area contributed by atoms with E-state index in [1.807, 2.05) is 42.5 Å². The van der Waals surface area contributed by atoms with Crippen LogP contribution in [0.2, 0.25) is 0 Å². The summed E-state index contributed by atoms with van der Waals surface area (Å²) in [5.74, 6) is -0.642. The largest absolute Gasteiger partial charge is 0.332 e. The molecule has 0 aliphatic heterocycles. The van der Waals surface area contributed by atoms with Gasteiger partial charge in [0, 0.05) is 27.5 Å². The highest BCUT2D eigenvalue weighted by Gasteiger charge is 2.23. The molecular weight excluding hydrogens is 587 g/mol. The van der Waals surface area contributed by atoms with Crippen LogP contribution in [0, 0.1) is 18.3 Å². The number of carbonyl (C=O) groups excluding carboxylic acids is 3. The normalized spacial score (nSPS) is 11.1. The maximum Gasteiger partial charge on any atom is 0.266 e. The third-order valence-corrected chi connectivity index (χ3v) is 8.56. The van der Waals surface area contributed by atoms with E-state index < -0.39 is 5.25 Å². The van der Waals surface area contributed by atoms with Crippen molar-refractivity contribution < 1.29 is 14.4 Å². The Hall–Kier alpha value is -4.50. The van der Waals surface area contributed by atoms with Crippen molar-refractivity contribution in [1.29, 1.82) is 5.26 Å². The lowest BCUT2D eigenvalue weighted by atomic mass is 10.1. The minimum absolute atomic E-state index is 0.00790. The van der Waals surface area contributed by atoms with Crippen molar-refractivity contribution in [2.24, 2.45) is 0 Å². The van der Waals surface area contributed by atoms with Gasteiger partial charge in [-0.3, -0.25) is 14.4 Å². The zero-order chi connectivity index (χ0) is 30.2. The molecule has 0 aliphatic rings. The molecule has 0 aliphatic carbocycles. The first-order chi connectivity index (χ1) is 20.1. The van der Waals surface area contributed by atoms with E-state index in [1.165, 1.54) is 18.7 Å². The fourth-order valence-corrected chi connectivity index (χ4v) is 6.08. The standard InChI is InChI=1S/C31H27N5O3S3/c1-18-26(17-32)30(42-27(18)29(39)33-22-8-5-4-6-9-22)36-28(38)20(3)41-25-11-7-10-24(16-25)35-31(40)34-23-14-12-21(13-15-23)19(2)37/h4-16,20H,1-3H3,(H,33,39)(H,36,38)(H2,34,35,40). The third-order valence-electron chi connectivity index (χ3n) is 6.06. The highest BCUT2D eigenvalue weighted by Crippen LogP contribution is 2.34. The summed E-state index contributed by atoms with van der Waals surface area (Å²) in [6, 6.07) is 25.7. The van der Waals surface area contributed by atoms with Crippen molar-refractivity contribution in [2.75, 3.05) is 21.3 Å². The maximum atomic E-state index is 13.1. The molecule has 0 radical (unpaired) electrons. The molecule has 212 valence electrons. The summed E-state index contributed by atoms with van der Waals surface area (Å²) in [6.07, 6.45) is 0. The smallest absolute Gasteiger partial charge is 0.266 e. The number of nitriles is 1. The summed E-state index contributed by atoms with van der Waals surface area (Å²) in [7, 11) is 0. The van der Waals surface area contributed by atoms with Gasteiger partial charge in [-0.05, 0) is 93.1 Å². The molecule has 8 nitrogen and oxygen atoms in total. The lowest BCUT2D eigenvalue weighted by molar-refractivity contribution is -0.115. The number of ketones is 1. The summed E-state index contributed by atoms with van der Waals surface area (Å²) in [6.45, 7) is 4.98. The summed E-state index contributed by atoms with van der Waals surface area (Å²) in [5, 5.41) is 21.8. The number of amides is 2. The van der Waals surface area contributed by atoms with E-state index >= 15 is 0 Å². The third kappa shape index (κ3) is 7.82. The number of nitrogens with one attached hydrogen (secondary N) is 4. The predicted octanol–water partition coefficient (Wildman–Crippen LogP) is 7.31. The Morgan fingerprint density at radius 3 is 2.19 bits per heavy atom. The second kappa shape index (κ2) is 13.9. The molecule has 11 heteroatoms. The molecule has 0 spiro atoms. The number of hydrogen-bond donors (Lipinski definition) is 4. The van der Waals surface area contributed by atoms with E-state index in [4.69, 9.17) is 12.2 Å². The lowest BCUT2D eigenvalue weighted by Crippen LogP contribution is -2.22. The Morgan fingerprint density at radius 2 is 1.52 bits per heavy atom. The molecule has 4 aromatic rings. The molecule has 3 aromatic carbocycles. The first-order valence-electron chi connectivity index (χ1n) is 12.8. The SMILES string of the molecule is CC(=O)c1ccc(NC(=S)Nc2cccc(SC(C)C(=O)Nc3sc(C(=O)Nc4ccccc4)c(C)c3C#N)c2)cc1. The van der Waals surface area contributed by atoms with Gasteiger partial charge in [-0.15, -0.1) is 23.1 Å². The number of carbonyl (C=O) groups is 3. The number of thiophene rings is 1. The van der Waals surface area contributed by atoms with Crippen molar-refractivity contribution in [2.45, 2.75) is 30.9 Å². The molecule has 0 saturated heterocycles. The first kappa shape index (κ1) is 30.5. The molecule has 0 saturated carbocycles. The minimum atomic E-state index is -0.499. The van der Waals surface area contributed by atoms with Crippen molar-refractivity contribution in [3.05, 3.63) is 100 Å². The highest BCUT2D eigenvalue weighted by molar-refractivity contribution is 8.00. The van der Waals surface area contributed by atoms with Crippen LogP contribution in [0.4, 0.5) is 22.1 Å². The van der Waals surface area contributed by atoms with E-state index in [0.29, 0.717) is 31.8 Å². The Morgan fingerprint density at radius 1 is 0.881 bits per heavy atom. The number of anilines is 4. The Labute approximate surface area is 257 Å². The number of rotatable bonds is 9. The lowest BCUT2D eigenvalue weighted by Gasteiger charge is -2.14. The maximum absolute atomic E-state index is 13.1. The quantitative estimate of drug-likeness (QED) is 0.0880. The molecule has 0 fully saturated rings. The van der Waals surface area contributed by atoms with Crippen LogP contribution < -0.4 is 21.3 Å². The zero-order valence-electron chi connectivity index (χ0n) is 23.0. The van der Waals surface area contributed by atoms with Crippen molar-refractivity contribution in [1.82, 2.24) is 0 Å². The summed E-state index contributed by atoms with van der Waals surface area (Å²) in [5.41, 5.74) is 3.53. The number of nitrogens with zero attached hydrogens (tertiary/aromatic N) is 1. The van der Waals surface area contributed by atoms with Crippen LogP contribution in [0.1, 0.15) is 45.0 Å². The Balaban J connectivity index is 1.37. The van der Waals surface area contributed by atoms with Crippen molar-refractivity contribution in [3.63, 3.8) is 0 Å². The van der Waals surface area contributed by atoms with Gasteiger partial charge in [0.2, 0.25) is 5.91 Å². The topological polar surface area (TPSA) is 123 Å². The molecule has 42 heavy (non-hydrogen) atoms. The highest BCUT2D eigenvalue weighted by atomic mass is 32.2. The number of hydrogen-bond acceptors (Lipinski definition) is 7. The summed E-state index contributed by atoms with van der Waals surface area (Å²) in [4.78, 5) is 38.6. The Kier molecular flexibility index (Phi) is 10.1. The summed E-state index contributed by atoms with van der Waals surface area (Å²) >= 11 is 7.85. The van der Waals surface area contributed by atoms with Gasteiger partial charge in [0.1, 0.15) is 11.1 Å². The molecule has 4 rings (SSSR count). The number of para-hydroxylation sites is 1. The van der Waals surface area contributed by atoms with Crippen LogP contribution in [0.5, 0.6) is 0 Å². The second-order valence-electron chi connectivity index (χ2n) is 9.18. The number of Topliss-reactive ketones (excluding diaryl/α,β-unsaturated/α-hetero) is 1. The fourth-order valence-electron chi connectivity index (χ4n) is 3.86. The Bertz CT molecular complexity index is 1680. The predicted molar refractivity (Wildman–Crippen MR) is 175 cm³/mol. The average Bonchev–Trinajstić information content (AvgIpc) is 3.28. The van der Waals surface area contributed by atoms with Crippen LogP contribution in [0.25, 0.3) is 0 Å². The minimum Gasteiger partial charge on any atom is -0.332 e. The molecule has 1 heterocycles. The molecule has 1 aromatic heterocycles. The van der Waals surface area contributed by atoms with Gasteiger partial charge in [-0.2, -0.15) is 5.26 Å². The van der Waals surface area contributed by atoms with E-state index in [9.17, 15) is 19.6 Å². The van der Waals surface area contributed by atoms with Crippen LogP contribution in [0.15, 0.2) is 83.8 Å². The average molecular weight is 614 g/mol. The molecule has 4 N–H and O–H groups in total. The fraction of sp³-hybridized carbons (Fsp3) is 0.129. The van der Waals surface area contributed by atoms with Crippen molar-refractivity contribution >= 4 is 80.1 Å². The van der Waals surface area contributed by atoms with Gasteiger partial charge < -0.3 is 21.3 Å². The van der Waals surface area contributed by atoms with Crippen LogP contribution in [-0.2, 0) is 4.79 Å². The molecular formula is C31H27N5O3S3. The van der Waals surface area contributed by atoms with Gasteiger partial charge in [0.05, 0.1) is 15.7 Å². The molecule has 0 bridgehead atoms. The van der Waals surface area contributed by atoms with E-state index in [0.717, 1.165) is 27.6 Å². The van der Waals surface area contributed by atoms with E-state index in [2.05, 4.69) is 27.3 Å². The monoisotopic (exact) mass is 613 g/mol. The van der Waals surface area contributed by atoms with Crippen LogP contribution in [0.3, 0.4) is 0 Å². The first-order valence-corrected chi connectivity index (χ1v) is 14.9. The second-order valence-corrected chi connectivity index (χ2v) is 12.0. The molecule has 1 atom stereocenters. The zero-order valence-corrected chi connectivity index (χ0v) is 25.4. The van der Waals surface area contributed by atoms with Gasteiger partial charge >= 0.3 is 0 Å². The number of thioether (sulfide) groups is 1. The van der Waals surface area contributed by atoms with Gasteiger partial charge in [0.25, 0.3) is 5.91 Å². The molecule has 2 amide bonds. The summed E-state index contributed by atoms with van der Waals surface area (Å²) < 4.78 is 0. The van der Waals surface area contributed by atoms with E-state index in [1.54, 1.807) is 50.2 Å². The number of thiocarbonyl (C=S) groups is 1. The molecule has 1 unspecified atom stereocenters. The van der Waals surface area contributed by atoms with Crippen molar-refractivity contribution in [3.8, 4) is 6.07 Å². The van der Waals surface area contributed by atoms with Gasteiger partial charge in [-0.25, -0.2) is 0 Å². The van der Waals surface area contributed by atoms with Crippen LogP contribution >= 0.6 is 35.3 Å².